The summed E-state index contributed by atoms with van der Waals surface area (Å²) in [6.07, 6.45) is 3.18. The maximum absolute atomic E-state index is 12.5. The average Bonchev–Trinajstić information content (AvgIpc) is 2.87. The van der Waals surface area contributed by atoms with Gasteiger partial charge in [0.15, 0.2) is 11.5 Å². The predicted octanol–water partition coefficient (Wildman–Crippen LogP) is 2.47. The van der Waals surface area contributed by atoms with Gasteiger partial charge in [0.1, 0.15) is 0 Å². The lowest BCUT2D eigenvalue weighted by Gasteiger charge is -2.26. The van der Waals surface area contributed by atoms with Gasteiger partial charge in [-0.3, -0.25) is 24.7 Å². The molecule has 0 fully saturated rings. The molecule has 0 aliphatic carbocycles. The van der Waals surface area contributed by atoms with E-state index in [1.54, 1.807) is 24.5 Å². The number of rotatable bonds is 5. The minimum Gasteiger partial charge on any atom is -0.503 e. The largest absolute Gasteiger partial charge is 0.503 e. The molecule has 0 saturated carbocycles. The number of amides is 1. The lowest BCUT2D eigenvalue weighted by Crippen LogP contribution is -2.30. The Morgan fingerprint density at radius 1 is 1.31 bits per heavy atom. The van der Waals surface area contributed by atoms with Gasteiger partial charge in [0, 0.05) is 31.1 Å². The van der Waals surface area contributed by atoms with Gasteiger partial charge >= 0.3 is 0 Å². The molecule has 0 spiro atoms. The van der Waals surface area contributed by atoms with E-state index in [2.05, 4.69) is 4.98 Å². The van der Waals surface area contributed by atoms with Crippen LogP contribution in [0.15, 0.2) is 60.1 Å². The smallest absolute Gasteiger partial charge is 0.290 e. The maximum atomic E-state index is 12.5. The van der Waals surface area contributed by atoms with Crippen molar-refractivity contribution in [2.24, 2.45) is 0 Å². The van der Waals surface area contributed by atoms with Crippen LogP contribution in [0.3, 0.4) is 0 Å². The third kappa shape index (κ3) is 3.04. The fourth-order valence-electron chi connectivity index (χ4n) is 2.99. The number of non-ortho nitro benzene ring substituents is 1. The van der Waals surface area contributed by atoms with Crippen molar-refractivity contribution < 1.29 is 19.6 Å². The normalized spacial score (nSPS) is 16.9. The molecular weight excluding hydrogens is 338 g/mol. The summed E-state index contributed by atoms with van der Waals surface area (Å²) >= 11 is 0. The van der Waals surface area contributed by atoms with Crippen LogP contribution in [-0.2, 0) is 16.1 Å². The van der Waals surface area contributed by atoms with Crippen LogP contribution in [0.5, 0.6) is 0 Å². The van der Waals surface area contributed by atoms with Crippen molar-refractivity contribution in [3.8, 4) is 0 Å². The number of aliphatic hydroxyl groups is 1. The van der Waals surface area contributed by atoms with Gasteiger partial charge in [-0.05, 0) is 36.2 Å². The molecule has 1 N–H and O–H groups in total. The molecule has 2 heterocycles. The molecule has 1 atom stereocenters. The van der Waals surface area contributed by atoms with E-state index >= 15 is 0 Å². The van der Waals surface area contributed by atoms with Gasteiger partial charge in [-0.15, -0.1) is 0 Å². The molecule has 1 amide bonds. The zero-order valence-electron chi connectivity index (χ0n) is 13.8. The van der Waals surface area contributed by atoms with Gasteiger partial charge in [0.25, 0.3) is 11.6 Å². The van der Waals surface area contributed by atoms with Crippen molar-refractivity contribution >= 4 is 17.4 Å². The summed E-state index contributed by atoms with van der Waals surface area (Å²) in [4.78, 5) is 40.2. The average molecular weight is 353 g/mol. The zero-order chi connectivity index (χ0) is 18.8. The van der Waals surface area contributed by atoms with Crippen LogP contribution >= 0.6 is 0 Å². The number of nitro benzene ring substituents is 1. The van der Waals surface area contributed by atoms with Crippen LogP contribution in [0.1, 0.15) is 24.1 Å². The van der Waals surface area contributed by atoms with Crippen LogP contribution < -0.4 is 0 Å². The number of Topliss-reactive ketones (excluding diaryl/α,β-unsaturated/α-hetero) is 1. The highest BCUT2D eigenvalue weighted by Crippen LogP contribution is 2.39. The number of pyridine rings is 1. The van der Waals surface area contributed by atoms with Crippen LogP contribution in [-0.4, -0.2) is 31.6 Å². The van der Waals surface area contributed by atoms with E-state index in [-0.39, 0.29) is 17.8 Å². The number of aliphatic hydroxyl groups excluding tert-OH is 1. The lowest BCUT2D eigenvalue weighted by molar-refractivity contribution is -0.384. The number of benzene rings is 1. The highest BCUT2D eigenvalue weighted by Gasteiger charge is 2.42. The Bertz CT molecular complexity index is 906. The number of aromatic nitrogens is 1. The minimum absolute atomic E-state index is 0.0206. The molecule has 0 radical (unpaired) electrons. The summed E-state index contributed by atoms with van der Waals surface area (Å²) in [6, 6.07) is 8.24. The molecule has 8 heteroatoms. The SMILES string of the molecule is CC(=O)C1=C(O)C(=O)N(Cc2cccnc2)[C@@H]1c1ccc([N+](=O)[O-])cc1. The summed E-state index contributed by atoms with van der Waals surface area (Å²) < 4.78 is 0. The molecule has 3 rings (SSSR count). The molecule has 1 aliphatic heterocycles. The fourth-order valence-corrected chi connectivity index (χ4v) is 2.99. The van der Waals surface area contributed by atoms with Gasteiger partial charge < -0.3 is 10.0 Å². The van der Waals surface area contributed by atoms with Gasteiger partial charge in [0.2, 0.25) is 0 Å². The fraction of sp³-hybridized carbons (Fsp3) is 0.167. The van der Waals surface area contributed by atoms with Crippen molar-refractivity contribution in [3.05, 3.63) is 81.4 Å². The number of ketones is 1. The second-order valence-electron chi connectivity index (χ2n) is 5.86. The molecule has 0 saturated heterocycles. The number of carbonyl (C=O) groups excluding carboxylic acids is 2. The zero-order valence-corrected chi connectivity index (χ0v) is 13.8. The quantitative estimate of drug-likeness (QED) is 0.652. The first kappa shape index (κ1) is 17.3. The monoisotopic (exact) mass is 353 g/mol. The summed E-state index contributed by atoms with van der Waals surface area (Å²) in [5, 5.41) is 21.0. The maximum Gasteiger partial charge on any atom is 0.290 e. The van der Waals surface area contributed by atoms with Crippen molar-refractivity contribution in [1.82, 2.24) is 9.88 Å². The van der Waals surface area contributed by atoms with E-state index in [4.69, 9.17) is 0 Å². The first-order valence-electron chi connectivity index (χ1n) is 7.78. The standard InChI is InChI=1S/C18H15N3O5/c1-11(22)15-16(13-4-6-14(7-5-13)21(25)26)20(18(24)17(15)23)10-12-3-2-8-19-9-12/h2-9,16,23H,10H2,1H3/t16-/m1/s1. The van der Waals surface area contributed by atoms with E-state index < -0.39 is 28.4 Å². The Labute approximate surface area is 148 Å². The molecule has 2 aromatic rings. The van der Waals surface area contributed by atoms with E-state index in [0.717, 1.165) is 5.56 Å². The van der Waals surface area contributed by atoms with Crippen LogP contribution in [0, 0.1) is 10.1 Å². The molecule has 1 aromatic heterocycles. The van der Waals surface area contributed by atoms with E-state index in [0.29, 0.717) is 5.56 Å². The van der Waals surface area contributed by atoms with Gasteiger partial charge in [-0.2, -0.15) is 0 Å². The molecular formula is C18H15N3O5. The molecule has 132 valence electrons. The Hall–Kier alpha value is -3.55. The van der Waals surface area contributed by atoms with E-state index in [1.807, 2.05) is 0 Å². The molecule has 1 aromatic carbocycles. The third-order valence-electron chi connectivity index (χ3n) is 4.18. The van der Waals surface area contributed by atoms with Crippen molar-refractivity contribution in [3.63, 3.8) is 0 Å². The van der Waals surface area contributed by atoms with E-state index in [1.165, 1.54) is 36.1 Å². The van der Waals surface area contributed by atoms with Gasteiger partial charge in [-0.1, -0.05) is 6.07 Å². The summed E-state index contributed by atoms with van der Waals surface area (Å²) in [6.45, 7) is 1.40. The number of hydrogen-bond donors (Lipinski definition) is 1. The van der Waals surface area contributed by atoms with Crippen molar-refractivity contribution in [2.75, 3.05) is 0 Å². The second kappa shape index (κ2) is 6.75. The Balaban J connectivity index is 2.04. The number of nitrogens with zero attached hydrogens (tertiary/aromatic N) is 3. The topological polar surface area (TPSA) is 114 Å². The van der Waals surface area contributed by atoms with Gasteiger partial charge in [0.05, 0.1) is 16.5 Å². The number of carbonyl (C=O) groups is 2. The Kier molecular flexibility index (Phi) is 4.49. The summed E-state index contributed by atoms with van der Waals surface area (Å²) in [5.74, 6) is -1.69. The summed E-state index contributed by atoms with van der Waals surface area (Å²) in [5.41, 5.74) is 1.11. The second-order valence-corrected chi connectivity index (χ2v) is 5.86. The van der Waals surface area contributed by atoms with Crippen molar-refractivity contribution in [2.45, 2.75) is 19.5 Å². The molecule has 8 nitrogen and oxygen atoms in total. The Morgan fingerprint density at radius 2 is 2.00 bits per heavy atom. The summed E-state index contributed by atoms with van der Waals surface area (Å²) in [7, 11) is 0. The first-order chi connectivity index (χ1) is 12.4. The molecule has 26 heavy (non-hydrogen) atoms. The van der Waals surface area contributed by atoms with Crippen LogP contribution in [0.25, 0.3) is 0 Å². The highest BCUT2D eigenvalue weighted by molar-refractivity contribution is 6.08. The number of hydrogen-bond acceptors (Lipinski definition) is 6. The molecule has 1 aliphatic rings. The van der Waals surface area contributed by atoms with E-state index in [9.17, 15) is 24.8 Å². The lowest BCUT2D eigenvalue weighted by atomic mass is 9.96. The highest BCUT2D eigenvalue weighted by atomic mass is 16.6. The predicted molar refractivity (Wildman–Crippen MR) is 91.0 cm³/mol. The van der Waals surface area contributed by atoms with Crippen LogP contribution in [0.2, 0.25) is 0 Å². The minimum atomic E-state index is -0.819. The van der Waals surface area contributed by atoms with Gasteiger partial charge in [-0.25, -0.2) is 0 Å². The molecule has 0 unspecified atom stereocenters. The first-order valence-corrected chi connectivity index (χ1v) is 7.78. The van der Waals surface area contributed by atoms with Crippen molar-refractivity contribution in [1.29, 1.82) is 0 Å². The Morgan fingerprint density at radius 3 is 2.54 bits per heavy atom. The molecule has 0 bridgehead atoms. The number of nitro groups is 1. The van der Waals surface area contributed by atoms with Crippen LogP contribution in [0.4, 0.5) is 5.69 Å². The third-order valence-corrected chi connectivity index (χ3v) is 4.18.